The summed E-state index contributed by atoms with van der Waals surface area (Å²) in [5, 5.41) is 0. The largest absolute Gasteiger partial charge is 0.494 e. The van der Waals surface area contributed by atoms with Crippen molar-refractivity contribution in [2.24, 2.45) is 4.99 Å². The quantitative estimate of drug-likeness (QED) is 0.783. The van der Waals surface area contributed by atoms with E-state index in [1.807, 2.05) is 38.1 Å². The summed E-state index contributed by atoms with van der Waals surface area (Å²) in [6.45, 7) is 6.64. The Labute approximate surface area is 142 Å². The molecule has 1 aromatic heterocycles. The molecule has 5 heteroatoms. The summed E-state index contributed by atoms with van der Waals surface area (Å²) < 4.78 is 12.6. The molecule has 0 N–H and O–H groups in total. The summed E-state index contributed by atoms with van der Waals surface area (Å²) in [7, 11) is 0. The van der Waals surface area contributed by atoms with Gasteiger partial charge in [-0.1, -0.05) is 13.0 Å². The highest BCUT2D eigenvalue weighted by Gasteiger charge is 2.07. The molecule has 0 spiro atoms. The molecule has 0 unspecified atom stereocenters. The van der Waals surface area contributed by atoms with Gasteiger partial charge in [-0.2, -0.15) is 0 Å². The third-order valence-electron chi connectivity index (χ3n) is 3.16. The van der Waals surface area contributed by atoms with Gasteiger partial charge in [-0.3, -0.25) is 14.4 Å². The van der Waals surface area contributed by atoms with Crippen LogP contribution in [0.5, 0.6) is 11.5 Å². The Bertz CT molecular complexity index is 718. The zero-order chi connectivity index (χ0) is 17.4. The van der Waals surface area contributed by atoms with Crippen LogP contribution in [-0.2, 0) is 0 Å². The van der Waals surface area contributed by atoms with E-state index < -0.39 is 0 Å². The first kappa shape index (κ1) is 17.8. The Hall–Kier alpha value is -2.56. The standard InChI is InChI=1S/C19H24N2O3/c1-4-13-23-16-8-10-17(11-9-16)24-14-19(22)21-12-6-5-7-18(21)20-15(2)3/h5-12,15H,4,13-14H2,1-3H3. The van der Waals surface area contributed by atoms with Crippen LogP contribution in [0.15, 0.2) is 53.7 Å². The summed E-state index contributed by atoms with van der Waals surface area (Å²) >= 11 is 0. The van der Waals surface area contributed by atoms with Crippen molar-refractivity contribution >= 4 is 5.91 Å². The van der Waals surface area contributed by atoms with Gasteiger partial charge in [0.1, 0.15) is 17.0 Å². The highest BCUT2D eigenvalue weighted by atomic mass is 16.5. The monoisotopic (exact) mass is 328 g/mol. The van der Waals surface area contributed by atoms with Crippen molar-refractivity contribution in [3.8, 4) is 11.5 Å². The Kier molecular flexibility index (Phi) is 6.61. The van der Waals surface area contributed by atoms with E-state index in [0.717, 1.165) is 12.2 Å². The fourth-order valence-corrected chi connectivity index (χ4v) is 2.08. The molecule has 0 fully saturated rings. The zero-order valence-electron chi connectivity index (χ0n) is 14.4. The third kappa shape index (κ3) is 5.26. The molecule has 0 aliphatic heterocycles. The first-order chi connectivity index (χ1) is 11.6. The maximum atomic E-state index is 12.4. The second-order valence-electron chi connectivity index (χ2n) is 5.65. The first-order valence-electron chi connectivity index (χ1n) is 8.20. The van der Waals surface area contributed by atoms with Gasteiger partial charge in [-0.05, 0) is 56.7 Å². The molecule has 24 heavy (non-hydrogen) atoms. The van der Waals surface area contributed by atoms with Crippen LogP contribution in [-0.4, -0.2) is 29.7 Å². The zero-order valence-corrected chi connectivity index (χ0v) is 14.4. The van der Waals surface area contributed by atoms with Gasteiger partial charge >= 0.3 is 0 Å². The summed E-state index contributed by atoms with van der Waals surface area (Å²) in [5.74, 6) is 1.26. The highest BCUT2D eigenvalue weighted by molar-refractivity contribution is 5.80. The van der Waals surface area contributed by atoms with Crippen molar-refractivity contribution in [1.29, 1.82) is 0 Å². The van der Waals surface area contributed by atoms with Gasteiger partial charge in [0.25, 0.3) is 5.91 Å². The van der Waals surface area contributed by atoms with Crippen LogP contribution in [0.1, 0.15) is 32.0 Å². The van der Waals surface area contributed by atoms with Crippen LogP contribution < -0.4 is 15.0 Å². The van der Waals surface area contributed by atoms with Crippen LogP contribution in [0.25, 0.3) is 0 Å². The molecule has 0 saturated heterocycles. The minimum Gasteiger partial charge on any atom is -0.494 e. The topological polar surface area (TPSA) is 52.8 Å². The summed E-state index contributed by atoms with van der Waals surface area (Å²) in [5.41, 5.74) is 0.629. The number of ether oxygens (including phenoxy) is 2. The van der Waals surface area contributed by atoms with E-state index in [1.165, 1.54) is 4.57 Å². The van der Waals surface area contributed by atoms with Crippen molar-refractivity contribution in [3.63, 3.8) is 0 Å². The van der Waals surface area contributed by atoms with Crippen LogP contribution in [0.2, 0.25) is 0 Å². The van der Waals surface area contributed by atoms with Crippen molar-refractivity contribution < 1.29 is 14.3 Å². The molecule has 0 radical (unpaired) electrons. The van der Waals surface area contributed by atoms with Crippen molar-refractivity contribution in [3.05, 3.63) is 54.1 Å². The van der Waals surface area contributed by atoms with Gasteiger partial charge < -0.3 is 9.47 Å². The second kappa shape index (κ2) is 8.91. The van der Waals surface area contributed by atoms with E-state index in [4.69, 9.17) is 9.47 Å². The fraction of sp³-hybridized carbons (Fsp3) is 0.368. The lowest BCUT2D eigenvalue weighted by Gasteiger charge is -2.10. The van der Waals surface area contributed by atoms with Gasteiger partial charge in [0.2, 0.25) is 0 Å². The third-order valence-corrected chi connectivity index (χ3v) is 3.16. The van der Waals surface area contributed by atoms with Gasteiger partial charge in [0.05, 0.1) is 6.61 Å². The maximum absolute atomic E-state index is 12.4. The number of carbonyl (C=O) groups excluding carboxylic acids is 1. The fourth-order valence-electron chi connectivity index (χ4n) is 2.08. The van der Waals surface area contributed by atoms with Crippen LogP contribution >= 0.6 is 0 Å². The number of pyridine rings is 1. The SMILES string of the molecule is CCCOc1ccc(OCC(=O)n2ccccc2=NC(C)C)cc1. The Morgan fingerprint density at radius 1 is 1.08 bits per heavy atom. The van der Waals surface area contributed by atoms with Crippen LogP contribution in [0.3, 0.4) is 0 Å². The average molecular weight is 328 g/mol. The first-order valence-corrected chi connectivity index (χ1v) is 8.20. The number of benzene rings is 1. The van der Waals surface area contributed by atoms with Crippen molar-refractivity contribution in [1.82, 2.24) is 4.57 Å². The Morgan fingerprint density at radius 3 is 2.38 bits per heavy atom. The van der Waals surface area contributed by atoms with Crippen LogP contribution in [0, 0.1) is 0 Å². The summed E-state index contributed by atoms with van der Waals surface area (Å²) in [6.07, 6.45) is 2.67. The number of carbonyl (C=O) groups is 1. The van der Waals surface area contributed by atoms with E-state index in [0.29, 0.717) is 17.8 Å². The molecule has 0 bridgehead atoms. The molecule has 0 aliphatic rings. The molecule has 2 aromatic rings. The Balaban J connectivity index is 2.01. The average Bonchev–Trinajstić information content (AvgIpc) is 2.58. The number of rotatable bonds is 7. The number of nitrogens with zero attached hydrogens (tertiary/aromatic N) is 2. The maximum Gasteiger partial charge on any atom is 0.270 e. The molecule has 0 aliphatic carbocycles. The lowest BCUT2D eigenvalue weighted by atomic mass is 10.3. The smallest absolute Gasteiger partial charge is 0.270 e. The van der Waals surface area contributed by atoms with E-state index in [-0.39, 0.29) is 18.6 Å². The van der Waals surface area contributed by atoms with Gasteiger partial charge in [0, 0.05) is 12.2 Å². The lowest BCUT2D eigenvalue weighted by molar-refractivity contribution is 0.0831. The van der Waals surface area contributed by atoms with Gasteiger partial charge in [-0.25, -0.2) is 0 Å². The molecular weight excluding hydrogens is 304 g/mol. The molecule has 0 atom stereocenters. The predicted molar refractivity (Wildman–Crippen MR) is 93.5 cm³/mol. The Morgan fingerprint density at radius 2 is 1.75 bits per heavy atom. The predicted octanol–water partition coefficient (Wildman–Crippen LogP) is 3.31. The molecule has 1 heterocycles. The molecule has 5 nitrogen and oxygen atoms in total. The number of hydrogen-bond donors (Lipinski definition) is 0. The van der Waals surface area contributed by atoms with E-state index >= 15 is 0 Å². The van der Waals surface area contributed by atoms with E-state index in [9.17, 15) is 4.79 Å². The molecule has 128 valence electrons. The molecule has 2 rings (SSSR count). The molecule has 1 aromatic carbocycles. The molecular formula is C19H24N2O3. The molecule has 0 amide bonds. The summed E-state index contributed by atoms with van der Waals surface area (Å²) in [4.78, 5) is 16.8. The van der Waals surface area contributed by atoms with Crippen molar-refractivity contribution in [2.45, 2.75) is 33.2 Å². The normalized spacial score (nSPS) is 11.6. The molecule has 0 saturated carbocycles. The minimum absolute atomic E-state index is 0.0511. The second-order valence-corrected chi connectivity index (χ2v) is 5.65. The van der Waals surface area contributed by atoms with E-state index in [2.05, 4.69) is 11.9 Å². The lowest BCUT2D eigenvalue weighted by Crippen LogP contribution is -2.31. The minimum atomic E-state index is -0.165. The van der Waals surface area contributed by atoms with Gasteiger partial charge in [0.15, 0.2) is 6.61 Å². The van der Waals surface area contributed by atoms with Crippen molar-refractivity contribution in [2.75, 3.05) is 13.2 Å². The van der Waals surface area contributed by atoms with Crippen LogP contribution in [0.4, 0.5) is 0 Å². The van der Waals surface area contributed by atoms with E-state index in [1.54, 1.807) is 24.4 Å². The highest BCUT2D eigenvalue weighted by Crippen LogP contribution is 2.17. The number of hydrogen-bond acceptors (Lipinski definition) is 4. The van der Waals surface area contributed by atoms with Gasteiger partial charge in [-0.15, -0.1) is 0 Å². The summed E-state index contributed by atoms with van der Waals surface area (Å²) in [6, 6.07) is 12.9. The number of aromatic nitrogens is 1.